The maximum absolute atomic E-state index is 12.7. The fourth-order valence-corrected chi connectivity index (χ4v) is 3.35. The molecule has 144 valence electrons. The molecule has 0 aliphatic carbocycles. The number of hydrogen-bond donors (Lipinski definition) is 1. The lowest BCUT2D eigenvalue weighted by Gasteiger charge is -2.33. The molecule has 4 rings (SSSR count). The first-order valence-electron chi connectivity index (χ1n) is 9.01. The van der Waals surface area contributed by atoms with Crippen molar-refractivity contribution >= 4 is 29.0 Å². The maximum atomic E-state index is 12.7. The molecule has 1 aliphatic heterocycles. The lowest BCUT2D eigenvalue weighted by Crippen LogP contribution is -2.44. The molecule has 1 saturated heterocycles. The van der Waals surface area contributed by atoms with Crippen molar-refractivity contribution in [1.29, 1.82) is 0 Å². The van der Waals surface area contributed by atoms with E-state index in [-0.39, 0.29) is 5.69 Å². The van der Waals surface area contributed by atoms with Gasteiger partial charge in [0.05, 0.1) is 16.9 Å². The number of amides is 1. The van der Waals surface area contributed by atoms with Gasteiger partial charge in [0.25, 0.3) is 5.91 Å². The number of aromatic nitrogens is 2. The Morgan fingerprint density at radius 3 is 2.61 bits per heavy atom. The van der Waals surface area contributed by atoms with Crippen LogP contribution in [0.1, 0.15) is 10.5 Å². The minimum absolute atomic E-state index is 0.165. The van der Waals surface area contributed by atoms with Crippen molar-refractivity contribution in [2.75, 3.05) is 43.4 Å². The second-order valence-corrected chi connectivity index (χ2v) is 7.06. The van der Waals surface area contributed by atoms with Crippen LogP contribution in [-0.4, -0.2) is 54.0 Å². The normalized spacial score (nSPS) is 14.9. The van der Waals surface area contributed by atoms with Crippen molar-refractivity contribution in [3.05, 3.63) is 59.7 Å². The van der Waals surface area contributed by atoms with Crippen LogP contribution in [0.15, 0.2) is 53.4 Å². The van der Waals surface area contributed by atoms with Crippen LogP contribution >= 0.6 is 11.6 Å². The Bertz CT molecular complexity index is 965. The number of hydrogen-bond acceptors (Lipinski definition) is 6. The SMILES string of the molecule is CN1CCN(c2ccc(NC(=O)c3ncoc3-c3ccccc3Cl)nc2)CC1. The minimum atomic E-state index is -0.400. The summed E-state index contributed by atoms with van der Waals surface area (Å²) in [6, 6.07) is 10.9. The van der Waals surface area contributed by atoms with Crippen molar-refractivity contribution in [3.8, 4) is 11.3 Å². The third-order valence-corrected chi connectivity index (χ3v) is 5.09. The molecule has 0 radical (unpaired) electrons. The number of rotatable bonds is 4. The number of oxazole rings is 1. The second-order valence-electron chi connectivity index (χ2n) is 6.66. The minimum Gasteiger partial charge on any atom is -0.443 e. The molecule has 7 nitrogen and oxygen atoms in total. The highest BCUT2D eigenvalue weighted by atomic mass is 35.5. The van der Waals surface area contributed by atoms with E-state index in [4.69, 9.17) is 16.0 Å². The highest BCUT2D eigenvalue weighted by Gasteiger charge is 2.21. The molecule has 1 aromatic carbocycles. The van der Waals surface area contributed by atoms with Crippen molar-refractivity contribution in [1.82, 2.24) is 14.9 Å². The number of benzene rings is 1. The zero-order valence-corrected chi connectivity index (χ0v) is 16.2. The van der Waals surface area contributed by atoms with Crippen molar-refractivity contribution in [2.24, 2.45) is 0 Å². The average molecular weight is 398 g/mol. The van der Waals surface area contributed by atoms with Gasteiger partial charge in [0.15, 0.2) is 17.8 Å². The summed E-state index contributed by atoms with van der Waals surface area (Å²) in [6.45, 7) is 3.97. The smallest absolute Gasteiger partial charge is 0.279 e. The Morgan fingerprint density at radius 2 is 1.89 bits per heavy atom. The Hall–Kier alpha value is -2.90. The number of nitrogens with zero attached hydrogens (tertiary/aromatic N) is 4. The lowest BCUT2D eigenvalue weighted by atomic mass is 10.1. The van der Waals surface area contributed by atoms with Gasteiger partial charge in [-0.25, -0.2) is 9.97 Å². The number of likely N-dealkylation sites (N-methyl/N-ethyl adjacent to an activating group) is 1. The summed E-state index contributed by atoms with van der Waals surface area (Å²) in [4.78, 5) is 25.7. The summed E-state index contributed by atoms with van der Waals surface area (Å²) in [5.74, 6) is 0.386. The first-order chi connectivity index (χ1) is 13.6. The van der Waals surface area contributed by atoms with E-state index >= 15 is 0 Å². The van der Waals surface area contributed by atoms with Crippen LogP contribution in [0.3, 0.4) is 0 Å². The van der Waals surface area contributed by atoms with Gasteiger partial charge in [-0.05, 0) is 31.3 Å². The molecule has 1 fully saturated rings. The fourth-order valence-electron chi connectivity index (χ4n) is 3.13. The predicted octanol–water partition coefficient (Wildman–Crippen LogP) is 3.39. The van der Waals surface area contributed by atoms with Crippen LogP contribution < -0.4 is 10.2 Å². The van der Waals surface area contributed by atoms with Gasteiger partial charge in [0, 0.05) is 31.7 Å². The first-order valence-corrected chi connectivity index (χ1v) is 9.39. The number of carbonyl (C=O) groups is 1. The molecular formula is C20H20ClN5O2. The molecule has 0 bridgehead atoms. The second kappa shape index (κ2) is 8.00. The molecule has 0 atom stereocenters. The molecule has 0 unspecified atom stereocenters. The van der Waals surface area contributed by atoms with Crippen molar-refractivity contribution in [2.45, 2.75) is 0 Å². The molecule has 2 aromatic heterocycles. The number of nitrogens with one attached hydrogen (secondary N) is 1. The third kappa shape index (κ3) is 3.85. The molecule has 0 saturated carbocycles. The average Bonchev–Trinajstić information content (AvgIpc) is 3.19. The quantitative estimate of drug-likeness (QED) is 0.727. The summed E-state index contributed by atoms with van der Waals surface area (Å²) in [6.07, 6.45) is 3.01. The van der Waals surface area contributed by atoms with Crippen LogP contribution in [0.25, 0.3) is 11.3 Å². The van der Waals surface area contributed by atoms with Gasteiger partial charge in [0.1, 0.15) is 5.82 Å². The topological polar surface area (TPSA) is 74.5 Å². The third-order valence-electron chi connectivity index (χ3n) is 4.76. The Kier molecular flexibility index (Phi) is 5.27. The van der Waals surface area contributed by atoms with Crippen LogP contribution in [-0.2, 0) is 0 Å². The van der Waals surface area contributed by atoms with E-state index < -0.39 is 5.91 Å². The molecule has 3 aromatic rings. The molecule has 8 heteroatoms. The van der Waals surface area contributed by atoms with Gasteiger partial charge in [0.2, 0.25) is 0 Å². The zero-order chi connectivity index (χ0) is 19.5. The zero-order valence-electron chi connectivity index (χ0n) is 15.4. The fraction of sp³-hybridized carbons (Fsp3) is 0.250. The summed E-state index contributed by atoms with van der Waals surface area (Å²) in [5, 5.41) is 3.26. The van der Waals surface area contributed by atoms with Crippen LogP contribution in [0.2, 0.25) is 5.02 Å². The number of halogens is 1. The van der Waals surface area contributed by atoms with E-state index in [1.165, 1.54) is 6.39 Å². The maximum Gasteiger partial charge on any atom is 0.279 e. The standard InChI is InChI=1S/C20H20ClN5O2/c1-25-8-10-26(11-9-25)14-6-7-17(22-12-14)24-20(27)18-19(28-13-23-18)15-4-2-3-5-16(15)21/h2-7,12-13H,8-11H2,1H3,(H,22,24,27). The van der Waals surface area contributed by atoms with Crippen LogP contribution in [0.4, 0.5) is 11.5 Å². The van der Waals surface area contributed by atoms with Gasteiger partial charge in [-0.1, -0.05) is 23.7 Å². The van der Waals surface area contributed by atoms with Crippen LogP contribution in [0, 0.1) is 0 Å². The molecule has 3 heterocycles. The Balaban J connectivity index is 1.48. The molecule has 1 amide bonds. The van der Waals surface area contributed by atoms with E-state index in [1.54, 1.807) is 24.4 Å². The van der Waals surface area contributed by atoms with Crippen LogP contribution in [0.5, 0.6) is 0 Å². The van der Waals surface area contributed by atoms with E-state index in [1.807, 2.05) is 18.2 Å². The molecular weight excluding hydrogens is 378 g/mol. The van der Waals surface area contributed by atoms with Crippen molar-refractivity contribution < 1.29 is 9.21 Å². The number of pyridine rings is 1. The molecule has 28 heavy (non-hydrogen) atoms. The highest BCUT2D eigenvalue weighted by Crippen LogP contribution is 2.30. The molecule has 1 aliphatic rings. The monoisotopic (exact) mass is 397 g/mol. The number of carbonyl (C=O) groups excluding carboxylic acids is 1. The number of piperazine rings is 1. The molecule has 0 spiro atoms. The Morgan fingerprint density at radius 1 is 1.11 bits per heavy atom. The van der Waals surface area contributed by atoms with Gasteiger partial charge in [-0.15, -0.1) is 0 Å². The van der Waals surface area contributed by atoms with Gasteiger partial charge in [-0.3, -0.25) is 4.79 Å². The van der Waals surface area contributed by atoms with E-state index in [0.29, 0.717) is 22.2 Å². The summed E-state index contributed by atoms with van der Waals surface area (Å²) in [7, 11) is 2.12. The Labute approximate surface area is 167 Å². The largest absolute Gasteiger partial charge is 0.443 e. The predicted molar refractivity (Wildman–Crippen MR) is 109 cm³/mol. The van der Waals surface area contributed by atoms with Gasteiger partial charge < -0.3 is 19.5 Å². The summed E-state index contributed by atoms with van der Waals surface area (Å²) < 4.78 is 5.41. The molecule has 1 N–H and O–H groups in total. The first kappa shape index (κ1) is 18.5. The lowest BCUT2D eigenvalue weighted by molar-refractivity contribution is 0.102. The van der Waals surface area contributed by atoms with E-state index in [2.05, 4.69) is 32.1 Å². The van der Waals surface area contributed by atoms with E-state index in [9.17, 15) is 4.79 Å². The highest BCUT2D eigenvalue weighted by molar-refractivity contribution is 6.33. The number of anilines is 2. The van der Waals surface area contributed by atoms with Gasteiger partial charge in [-0.2, -0.15) is 0 Å². The van der Waals surface area contributed by atoms with E-state index in [0.717, 1.165) is 31.9 Å². The summed E-state index contributed by atoms with van der Waals surface area (Å²) in [5.41, 5.74) is 1.83. The summed E-state index contributed by atoms with van der Waals surface area (Å²) >= 11 is 6.21. The van der Waals surface area contributed by atoms with Gasteiger partial charge >= 0.3 is 0 Å². The van der Waals surface area contributed by atoms with Crippen molar-refractivity contribution in [3.63, 3.8) is 0 Å².